The first kappa shape index (κ1) is 16.6. The minimum Gasteiger partial charge on any atom is -0.381 e. The number of nitrogens with zero attached hydrogens (tertiary/aromatic N) is 3. The molecule has 1 aliphatic carbocycles. The van der Waals surface area contributed by atoms with Crippen molar-refractivity contribution in [2.24, 2.45) is 24.3 Å². The summed E-state index contributed by atoms with van der Waals surface area (Å²) in [5.74, 6) is 1.44. The third-order valence-corrected chi connectivity index (χ3v) is 6.32. The van der Waals surface area contributed by atoms with E-state index in [0.717, 1.165) is 38.9 Å². The highest BCUT2D eigenvalue weighted by atomic mass is 16.5. The Bertz CT molecular complexity index is 532. The molecule has 3 aliphatic rings. The van der Waals surface area contributed by atoms with Crippen molar-refractivity contribution < 1.29 is 9.47 Å². The number of hydrogen-bond donors (Lipinski definition) is 0. The first-order valence-corrected chi connectivity index (χ1v) is 9.59. The Morgan fingerprint density at radius 2 is 2.08 bits per heavy atom. The lowest BCUT2D eigenvalue weighted by Gasteiger charge is -2.49. The summed E-state index contributed by atoms with van der Waals surface area (Å²) in [4.78, 5) is 2.58. The average Bonchev–Trinajstić information content (AvgIpc) is 3.33. The fourth-order valence-electron chi connectivity index (χ4n) is 4.39. The minimum atomic E-state index is 0.452. The van der Waals surface area contributed by atoms with Crippen molar-refractivity contribution >= 4 is 0 Å². The van der Waals surface area contributed by atoms with Gasteiger partial charge in [-0.25, -0.2) is 0 Å². The van der Waals surface area contributed by atoms with E-state index < -0.39 is 0 Å². The Morgan fingerprint density at radius 1 is 1.25 bits per heavy atom. The topological polar surface area (TPSA) is 39.5 Å². The summed E-state index contributed by atoms with van der Waals surface area (Å²) in [6.45, 7) is 7.11. The van der Waals surface area contributed by atoms with E-state index in [4.69, 9.17) is 9.47 Å². The standard InChI is InChI=1S/C19H31N3O2/c1-21-11-17(10-20-21)12-22-7-4-19(5-8-22)6-9-23-14-18(19)15-24-13-16-2-3-16/h10-11,16,18H,2-9,12-15H2,1H3/t18-/m0/s1. The molecule has 0 amide bonds. The van der Waals surface area contributed by atoms with Gasteiger partial charge in [-0.1, -0.05) is 0 Å². The third-order valence-electron chi connectivity index (χ3n) is 6.32. The van der Waals surface area contributed by atoms with E-state index in [1.807, 2.05) is 17.9 Å². The second-order valence-electron chi connectivity index (χ2n) is 8.16. The monoisotopic (exact) mass is 333 g/mol. The van der Waals surface area contributed by atoms with Crippen molar-refractivity contribution in [2.75, 3.05) is 39.5 Å². The van der Waals surface area contributed by atoms with E-state index in [1.54, 1.807) is 0 Å². The normalized spacial score (nSPS) is 27.6. The van der Waals surface area contributed by atoms with Crippen LogP contribution in [-0.4, -0.2) is 54.2 Å². The van der Waals surface area contributed by atoms with Gasteiger partial charge in [0, 0.05) is 44.5 Å². The molecular formula is C19H31N3O2. The molecule has 24 heavy (non-hydrogen) atoms. The lowest BCUT2D eigenvalue weighted by atomic mass is 9.66. The Kier molecular flexibility index (Phi) is 4.93. The first-order chi connectivity index (χ1) is 11.7. The number of aryl methyl sites for hydroxylation is 1. The second-order valence-corrected chi connectivity index (χ2v) is 8.16. The van der Waals surface area contributed by atoms with Crippen LogP contribution in [0.3, 0.4) is 0 Å². The summed E-state index contributed by atoms with van der Waals surface area (Å²) in [6.07, 6.45) is 10.7. The molecule has 3 fully saturated rings. The minimum absolute atomic E-state index is 0.452. The van der Waals surface area contributed by atoms with Crippen molar-refractivity contribution in [1.29, 1.82) is 0 Å². The van der Waals surface area contributed by atoms with E-state index in [1.165, 1.54) is 50.8 Å². The van der Waals surface area contributed by atoms with Gasteiger partial charge in [0.15, 0.2) is 0 Å². The van der Waals surface area contributed by atoms with Gasteiger partial charge in [0.2, 0.25) is 0 Å². The summed E-state index contributed by atoms with van der Waals surface area (Å²) in [7, 11) is 1.99. The molecule has 5 heteroatoms. The summed E-state index contributed by atoms with van der Waals surface area (Å²) < 4.78 is 13.7. The molecule has 1 atom stereocenters. The van der Waals surface area contributed by atoms with Gasteiger partial charge in [0.1, 0.15) is 0 Å². The highest BCUT2D eigenvalue weighted by Gasteiger charge is 2.43. The Labute approximate surface area is 145 Å². The van der Waals surface area contributed by atoms with Crippen LogP contribution in [0.4, 0.5) is 0 Å². The number of hydrogen-bond acceptors (Lipinski definition) is 4. The third kappa shape index (κ3) is 3.84. The van der Waals surface area contributed by atoms with Crippen molar-refractivity contribution in [3.63, 3.8) is 0 Å². The fourth-order valence-corrected chi connectivity index (χ4v) is 4.39. The molecule has 5 nitrogen and oxygen atoms in total. The van der Waals surface area contributed by atoms with Gasteiger partial charge in [-0.05, 0) is 56.5 Å². The van der Waals surface area contributed by atoms with Crippen molar-refractivity contribution in [1.82, 2.24) is 14.7 Å². The van der Waals surface area contributed by atoms with Crippen LogP contribution in [-0.2, 0) is 23.1 Å². The second kappa shape index (κ2) is 7.14. The smallest absolute Gasteiger partial charge is 0.0534 e. The zero-order valence-corrected chi connectivity index (χ0v) is 15.0. The van der Waals surface area contributed by atoms with E-state index >= 15 is 0 Å². The Balaban J connectivity index is 1.30. The number of piperidine rings is 1. The van der Waals surface area contributed by atoms with Crippen molar-refractivity contribution in [3.8, 4) is 0 Å². The maximum atomic E-state index is 6.05. The zero-order valence-electron chi connectivity index (χ0n) is 15.0. The fraction of sp³-hybridized carbons (Fsp3) is 0.842. The van der Waals surface area contributed by atoms with Crippen LogP contribution in [0.2, 0.25) is 0 Å². The van der Waals surface area contributed by atoms with Gasteiger partial charge in [-0.2, -0.15) is 5.10 Å². The van der Waals surface area contributed by atoms with Crippen molar-refractivity contribution in [3.05, 3.63) is 18.0 Å². The van der Waals surface area contributed by atoms with Gasteiger partial charge in [-0.3, -0.25) is 9.58 Å². The molecule has 0 radical (unpaired) electrons. The quantitative estimate of drug-likeness (QED) is 0.802. The zero-order chi connectivity index (χ0) is 16.4. The Hall–Kier alpha value is -0.910. The van der Waals surface area contributed by atoms with Gasteiger partial charge in [0.05, 0.1) is 19.4 Å². The van der Waals surface area contributed by atoms with Crippen LogP contribution >= 0.6 is 0 Å². The maximum Gasteiger partial charge on any atom is 0.0534 e. The number of likely N-dealkylation sites (tertiary alicyclic amines) is 1. The highest BCUT2D eigenvalue weighted by Crippen LogP contribution is 2.45. The molecule has 0 bridgehead atoms. The molecule has 1 aromatic rings. The molecule has 2 saturated heterocycles. The van der Waals surface area contributed by atoms with Gasteiger partial charge in [-0.15, -0.1) is 0 Å². The predicted octanol–water partition coefficient (Wildman–Crippen LogP) is 2.47. The highest BCUT2D eigenvalue weighted by molar-refractivity contribution is 5.04. The molecule has 3 heterocycles. The molecule has 2 aliphatic heterocycles. The summed E-state index contributed by atoms with van der Waals surface area (Å²) in [5, 5.41) is 4.29. The molecule has 1 aromatic heterocycles. The van der Waals surface area contributed by atoms with E-state index in [9.17, 15) is 0 Å². The summed E-state index contributed by atoms with van der Waals surface area (Å²) in [5.41, 5.74) is 1.78. The lowest BCUT2D eigenvalue weighted by Crippen LogP contribution is -2.49. The van der Waals surface area contributed by atoms with Gasteiger partial charge in [0.25, 0.3) is 0 Å². The van der Waals surface area contributed by atoms with E-state index in [-0.39, 0.29) is 0 Å². The molecule has 4 rings (SSSR count). The number of ether oxygens (including phenoxy) is 2. The van der Waals surface area contributed by atoms with Crippen LogP contribution in [0.25, 0.3) is 0 Å². The molecule has 0 aromatic carbocycles. The van der Waals surface area contributed by atoms with Crippen LogP contribution in [0.15, 0.2) is 12.4 Å². The molecule has 1 saturated carbocycles. The van der Waals surface area contributed by atoms with Gasteiger partial charge >= 0.3 is 0 Å². The van der Waals surface area contributed by atoms with Crippen LogP contribution < -0.4 is 0 Å². The molecule has 1 spiro atoms. The predicted molar refractivity (Wildman–Crippen MR) is 92.6 cm³/mol. The lowest BCUT2D eigenvalue weighted by molar-refractivity contribution is -0.101. The largest absolute Gasteiger partial charge is 0.381 e. The molecule has 0 N–H and O–H groups in total. The first-order valence-electron chi connectivity index (χ1n) is 9.59. The average molecular weight is 333 g/mol. The van der Waals surface area contributed by atoms with Gasteiger partial charge < -0.3 is 9.47 Å². The Morgan fingerprint density at radius 3 is 2.79 bits per heavy atom. The molecule has 0 unspecified atom stereocenters. The van der Waals surface area contributed by atoms with Crippen LogP contribution in [0, 0.1) is 17.3 Å². The van der Waals surface area contributed by atoms with Crippen molar-refractivity contribution in [2.45, 2.75) is 38.6 Å². The molecule has 134 valence electrons. The van der Waals surface area contributed by atoms with Crippen LogP contribution in [0.1, 0.15) is 37.7 Å². The maximum absolute atomic E-state index is 6.05. The number of rotatable bonds is 6. The summed E-state index contributed by atoms with van der Waals surface area (Å²) in [6, 6.07) is 0. The summed E-state index contributed by atoms with van der Waals surface area (Å²) >= 11 is 0. The van der Waals surface area contributed by atoms with Crippen LogP contribution in [0.5, 0.6) is 0 Å². The number of aromatic nitrogens is 2. The van der Waals surface area contributed by atoms with E-state index in [2.05, 4.69) is 16.2 Å². The SMILES string of the molecule is Cn1cc(CN2CCC3(CCOC[C@H]3COCC3CC3)CC2)cn1. The molecular weight excluding hydrogens is 302 g/mol. The van der Waals surface area contributed by atoms with E-state index in [0.29, 0.717) is 11.3 Å².